The molecule has 0 bridgehead atoms. The van der Waals surface area contributed by atoms with Gasteiger partial charge in [0.05, 0.1) is 0 Å². The summed E-state index contributed by atoms with van der Waals surface area (Å²) in [4.78, 5) is 3.32. The Hall–Kier alpha value is -2.80. The van der Waals surface area contributed by atoms with E-state index in [1.54, 1.807) is 0 Å². The van der Waals surface area contributed by atoms with E-state index in [0.29, 0.717) is 0 Å². The molecule has 0 saturated carbocycles. The predicted octanol–water partition coefficient (Wildman–Crippen LogP) is 5.50. The molecule has 0 aliphatic carbocycles. The van der Waals surface area contributed by atoms with Gasteiger partial charge in [0.1, 0.15) is 0 Å². The lowest BCUT2D eigenvalue weighted by Crippen LogP contribution is -1.85. The van der Waals surface area contributed by atoms with Crippen molar-refractivity contribution in [3.05, 3.63) is 85.1 Å². The standard InChI is InChI=1S/C20H15N/c1-2-7-15(8-3-1)17-13-16-9-4-5-10-18(16)19(14-17)20-11-6-12-21-20/h1-14,21H. The van der Waals surface area contributed by atoms with Gasteiger partial charge >= 0.3 is 0 Å². The average molecular weight is 269 g/mol. The van der Waals surface area contributed by atoms with Crippen LogP contribution in [0.15, 0.2) is 85.1 Å². The summed E-state index contributed by atoms with van der Waals surface area (Å²) < 4.78 is 0. The highest BCUT2D eigenvalue weighted by atomic mass is 14.7. The van der Waals surface area contributed by atoms with Gasteiger partial charge in [-0.1, -0.05) is 54.6 Å². The number of hydrogen-bond acceptors (Lipinski definition) is 0. The van der Waals surface area contributed by atoms with Gasteiger partial charge in [0.15, 0.2) is 0 Å². The smallest absolute Gasteiger partial charge is 0.0460 e. The van der Waals surface area contributed by atoms with Gasteiger partial charge in [0, 0.05) is 17.5 Å². The van der Waals surface area contributed by atoms with Crippen molar-refractivity contribution in [1.29, 1.82) is 0 Å². The molecule has 4 aromatic rings. The summed E-state index contributed by atoms with van der Waals surface area (Å²) in [7, 11) is 0. The van der Waals surface area contributed by atoms with Gasteiger partial charge in [0.2, 0.25) is 0 Å². The van der Waals surface area contributed by atoms with Crippen LogP contribution in [0.2, 0.25) is 0 Å². The van der Waals surface area contributed by atoms with Crippen molar-refractivity contribution in [2.75, 3.05) is 0 Å². The van der Waals surface area contributed by atoms with E-state index in [4.69, 9.17) is 0 Å². The van der Waals surface area contributed by atoms with E-state index in [-0.39, 0.29) is 0 Å². The van der Waals surface area contributed by atoms with Crippen LogP contribution in [-0.4, -0.2) is 4.98 Å². The van der Waals surface area contributed by atoms with Crippen molar-refractivity contribution in [2.45, 2.75) is 0 Å². The summed E-state index contributed by atoms with van der Waals surface area (Å²) in [6, 6.07) is 27.8. The fourth-order valence-electron chi connectivity index (χ4n) is 2.83. The van der Waals surface area contributed by atoms with Gasteiger partial charge in [0.25, 0.3) is 0 Å². The topological polar surface area (TPSA) is 15.8 Å². The first-order chi connectivity index (χ1) is 10.4. The molecule has 0 aliphatic heterocycles. The molecule has 0 saturated heterocycles. The van der Waals surface area contributed by atoms with E-state index in [9.17, 15) is 0 Å². The lowest BCUT2D eigenvalue weighted by Gasteiger charge is -2.10. The Kier molecular flexibility index (Phi) is 2.82. The number of H-pyrrole nitrogens is 1. The predicted molar refractivity (Wildman–Crippen MR) is 89.2 cm³/mol. The van der Waals surface area contributed by atoms with E-state index >= 15 is 0 Å². The van der Waals surface area contributed by atoms with Crippen LogP contribution in [0.5, 0.6) is 0 Å². The third kappa shape index (κ3) is 2.13. The average Bonchev–Trinajstić information content (AvgIpc) is 3.09. The first-order valence-electron chi connectivity index (χ1n) is 7.14. The van der Waals surface area contributed by atoms with E-state index in [1.165, 1.54) is 27.5 Å². The summed E-state index contributed by atoms with van der Waals surface area (Å²) in [6.45, 7) is 0. The van der Waals surface area contributed by atoms with E-state index in [1.807, 2.05) is 12.3 Å². The third-order valence-electron chi connectivity index (χ3n) is 3.86. The Balaban J connectivity index is 2.03. The molecule has 1 heteroatoms. The molecule has 21 heavy (non-hydrogen) atoms. The molecule has 0 fully saturated rings. The Labute approximate surface area is 123 Å². The SMILES string of the molecule is c1ccc(-c2cc(-c3ccc[nH]3)c3ccccc3c2)cc1. The summed E-state index contributed by atoms with van der Waals surface area (Å²) >= 11 is 0. The molecule has 1 heterocycles. The van der Waals surface area contributed by atoms with E-state index < -0.39 is 0 Å². The lowest BCUT2D eigenvalue weighted by molar-refractivity contribution is 1.41. The number of rotatable bonds is 2. The molecule has 0 amide bonds. The largest absolute Gasteiger partial charge is 0.361 e. The van der Waals surface area contributed by atoms with Gasteiger partial charge < -0.3 is 4.98 Å². The number of aromatic amines is 1. The second-order valence-electron chi connectivity index (χ2n) is 5.19. The molecule has 0 aliphatic rings. The van der Waals surface area contributed by atoms with Crippen LogP contribution >= 0.6 is 0 Å². The molecule has 0 unspecified atom stereocenters. The van der Waals surface area contributed by atoms with Crippen molar-refractivity contribution in [3.63, 3.8) is 0 Å². The van der Waals surface area contributed by atoms with Crippen molar-refractivity contribution in [2.24, 2.45) is 0 Å². The molecule has 1 N–H and O–H groups in total. The Bertz CT molecular complexity index is 874. The quantitative estimate of drug-likeness (QED) is 0.494. The van der Waals surface area contributed by atoms with Gasteiger partial charge in [-0.3, -0.25) is 0 Å². The molecule has 1 aromatic heterocycles. The zero-order valence-corrected chi connectivity index (χ0v) is 11.6. The molecule has 0 atom stereocenters. The summed E-state index contributed by atoms with van der Waals surface area (Å²) in [5, 5.41) is 2.54. The van der Waals surface area contributed by atoms with Crippen LogP contribution in [0.3, 0.4) is 0 Å². The van der Waals surface area contributed by atoms with Gasteiger partial charge in [-0.15, -0.1) is 0 Å². The van der Waals surface area contributed by atoms with Crippen LogP contribution < -0.4 is 0 Å². The van der Waals surface area contributed by atoms with Crippen LogP contribution in [0.25, 0.3) is 33.2 Å². The van der Waals surface area contributed by atoms with Crippen LogP contribution in [0.4, 0.5) is 0 Å². The van der Waals surface area contributed by atoms with Crippen molar-refractivity contribution in [1.82, 2.24) is 4.98 Å². The molecule has 0 radical (unpaired) electrons. The zero-order valence-electron chi connectivity index (χ0n) is 11.6. The second kappa shape index (κ2) is 4.95. The number of hydrogen-bond donors (Lipinski definition) is 1. The highest BCUT2D eigenvalue weighted by Gasteiger charge is 2.08. The zero-order chi connectivity index (χ0) is 14.1. The van der Waals surface area contributed by atoms with Gasteiger partial charge in [-0.2, -0.15) is 0 Å². The van der Waals surface area contributed by atoms with Crippen molar-refractivity contribution in [3.8, 4) is 22.4 Å². The first-order valence-corrected chi connectivity index (χ1v) is 7.14. The first kappa shape index (κ1) is 12.0. The maximum atomic E-state index is 3.32. The molecule has 100 valence electrons. The summed E-state index contributed by atoms with van der Waals surface area (Å²) in [6.07, 6.45) is 1.97. The van der Waals surface area contributed by atoms with Crippen LogP contribution in [0.1, 0.15) is 0 Å². The van der Waals surface area contributed by atoms with E-state index in [0.717, 1.165) is 5.69 Å². The third-order valence-corrected chi connectivity index (χ3v) is 3.86. The number of benzene rings is 3. The molecular formula is C20H15N. The van der Waals surface area contributed by atoms with Gasteiger partial charge in [-0.05, 0) is 46.2 Å². The lowest BCUT2D eigenvalue weighted by atomic mass is 9.95. The molecule has 3 aromatic carbocycles. The van der Waals surface area contributed by atoms with E-state index in [2.05, 4.69) is 77.8 Å². The summed E-state index contributed by atoms with van der Waals surface area (Å²) in [5.74, 6) is 0. The monoisotopic (exact) mass is 269 g/mol. The minimum absolute atomic E-state index is 1.16. The summed E-state index contributed by atoms with van der Waals surface area (Å²) in [5.41, 5.74) is 4.90. The minimum Gasteiger partial charge on any atom is -0.361 e. The van der Waals surface area contributed by atoms with Crippen molar-refractivity contribution >= 4 is 10.8 Å². The fourth-order valence-corrected chi connectivity index (χ4v) is 2.83. The number of nitrogens with one attached hydrogen (secondary N) is 1. The van der Waals surface area contributed by atoms with Gasteiger partial charge in [-0.25, -0.2) is 0 Å². The second-order valence-corrected chi connectivity index (χ2v) is 5.19. The maximum absolute atomic E-state index is 3.32. The highest BCUT2D eigenvalue weighted by molar-refractivity contribution is 5.99. The van der Waals surface area contributed by atoms with Crippen LogP contribution in [0, 0.1) is 0 Å². The number of fused-ring (bicyclic) bond motifs is 1. The number of aromatic nitrogens is 1. The van der Waals surface area contributed by atoms with Crippen molar-refractivity contribution < 1.29 is 0 Å². The Morgan fingerprint density at radius 1 is 0.619 bits per heavy atom. The molecule has 0 spiro atoms. The fraction of sp³-hybridized carbons (Fsp3) is 0. The Morgan fingerprint density at radius 3 is 2.24 bits per heavy atom. The van der Waals surface area contributed by atoms with Crippen LogP contribution in [-0.2, 0) is 0 Å². The minimum atomic E-state index is 1.16. The normalized spacial score (nSPS) is 10.9. The highest BCUT2D eigenvalue weighted by Crippen LogP contribution is 2.33. The Morgan fingerprint density at radius 2 is 1.43 bits per heavy atom. The maximum Gasteiger partial charge on any atom is 0.0460 e. The molecule has 1 nitrogen and oxygen atoms in total. The molecular weight excluding hydrogens is 254 g/mol. The molecule has 4 rings (SSSR count).